The zero-order chi connectivity index (χ0) is 13.6. The van der Waals surface area contributed by atoms with Crippen LogP contribution in [0.4, 0.5) is 5.69 Å². The maximum absolute atomic E-state index is 5.94. The second kappa shape index (κ2) is 4.38. The van der Waals surface area contributed by atoms with Crippen LogP contribution in [0.3, 0.4) is 0 Å². The predicted octanol–water partition coefficient (Wildman–Crippen LogP) is 4.46. The van der Waals surface area contributed by atoms with Crippen LogP contribution in [0.25, 0.3) is 22.6 Å². The highest BCUT2D eigenvalue weighted by atomic mass is 79.9. The standard InChI is InChI=1S/C15H13BrN2O/c1-8-3-4-10(5-9(8)2)15-18-13-7-11(16)6-12(17)14(13)19-15/h3-7H,17H2,1-2H3. The molecule has 3 nitrogen and oxygen atoms in total. The Morgan fingerprint density at radius 1 is 1.11 bits per heavy atom. The van der Waals surface area contributed by atoms with Crippen LogP contribution in [0.2, 0.25) is 0 Å². The van der Waals surface area contributed by atoms with Crippen molar-refractivity contribution in [3.63, 3.8) is 0 Å². The van der Waals surface area contributed by atoms with Gasteiger partial charge in [-0.1, -0.05) is 22.0 Å². The van der Waals surface area contributed by atoms with Crippen molar-refractivity contribution in [1.29, 1.82) is 0 Å². The first kappa shape index (κ1) is 12.2. The molecule has 0 spiro atoms. The zero-order valence-corrected chi connectivity index (χ0v) is 12.3. The first-order valence-electron chi connectivity index (χ1n) is 5.98. The molecule has 0 radical (unpaired) electrons. The van der Waals surface area contributed by atoms with Crippen molar-refractivity contribution >= 4 is 32.7 Å². The Morgan fingerprint density at radius 2 is 1.89 bits per heavy atom. The quantitative estimate of drug-likeness (QED) is 0.674. The number of nitrogen functional groups attached to an aromatic ring is 1. The number of oxazole rings is 1. The Labute approximate surface area is 119 Å². The van der Waals surface area contributed by atoms with Gasteiger partial charge >= 0.3 is 0 Å². The number of nitrogens with zero attached hydrogens (tertiary/aromatic N) is 1. The van der Waals surface area contributed by atoms with Crippen LogP contribution in [0.15, 0.2) is 39.2 Å². The average molecular weight is 317 g/mol. The molecule has 0 amide bonds. The lowest BCUT2D eigenvalue weighted by atomic mass is 10.1. The molecule has 0 atom stereocenters. The van der Waals surface area contributed by atoms with Gasteiger partial charge < -0.3 is 10.2 Å². The smallest absolute Gasteiger partial charge is 0.227 e. The fourth-order valence-corrected chi connectivity index (χ4v) is 2.48. The fourth-order valence-electron chi connectivity index (χ4n) is 2.02. The second-order valence-electron chi connectivity index (χ2n) is 4.66. The molecule has 0 unspecified atom stereocenters. The van der Waals surface area contributed by atoms with E-state index in [0.717, 1.165) is 15.6 Å². The van der Waals surface area contributed by atoms with Crippen LogP contribution in [0, 0.1) is 13.8 Å². The number of anilines is 1. The molecule has 0 saturated carbocycles. The average Bonchev–Trinajstić information content (AvgIpc) is 2.76. The van der Waals surface area contributed by atoms with E-state index in [1.54, 1.807) is 0 Å². The molecular formula is C15H13BrN2O. The molecule has 96 valence electrons. The minimum absolute atomic E-state index is 0.590. The fraction of sp³-hybridized carbons (Fsp3) is 0.133. The van der Waals surface area contributed by atoms with Gasteiger partial charge in [0.2, 0.25) is 5.89 Å². The third-order valence-corrected chi connectivity index (χ3v) is 3.70. The van der Waals surface area contributed by atoms with Crippen LogP contribution in [0.1, 0.15) is 11.1 Å². The summed E-state index contributed by atoms with van der Waals surface area (Å²) in [6.45, 7) is 4.16. The highest BCUT2D eigenvalue weighted by molar-refractivity contribution is 9.10. The van der Waals surface area contributed by atoms with Crippen molar-refractivity contribution in [2.45, 2.75) is 13.8 Å². The number of hydrogen-bond acceptors (Lipinski definition) is 3. The van der Waals surface area contributed by atoms with E-state index in [1.807, 2.05) is 18.2 Å². The minimum atomic E-state index is 0.590. The number of rotatable bonds is 1. The number of hydrogen-bond donors (Lipinski definition) is 1. The molecule has 1 aromatic heterocycles. The van der Waals surface area contributed by atoms with Crippen molar-refractivity contribution in [1.82, 2.24) is 4.98 Å². The Bertz CT molecular complexity index is 777. The summed E-state index contributed by atoms with van der Waals surface area (Å²) >= 11 is 3.41. The summed E-state index contributed by atoms with van der Waals surface area (Å²) < 4.78 is 6.68. The van der Waals surface area contributed by atoms with E-state index in [0.29, 0.717) is 17.2 Å². The van der Waals surface area contributed by atoms with Crippen molar-refractivity contribution in [3.8, 4) is 11.5 Å². The van der Waals surface area contributed by atoms with Crippen LogP contribution >= 0.6 is 15.9 Å². The van der Waals surface area contributed by atoms with E-state index in [1.165, 1.54) is 11.1 Å². The molecule has 3 rings (SSSR count). The van der Waals surface area contributed by atoms with Crippen LogP contribution in [-0.2, 0) is 0 Å². The van der Waals surface area contributed by atoms with Gasteiger partial charge in [0.15, 0.2) is 5.58 Å². The molecular weight excluding hydrogens is 304 g/mol. The van der Waals surface area contributed by atoms with Gasteiger partial charge in [0.1, 0.15) is 5.52 Å². The first-order valence-corrected chi connectivity index (χ1v) is 6.77. The maximum Gasteiger partial charge on any atom is 0.227 e. The normalized spacial score (nSPS) is 11.1. The third-order valence-electron chi connectivity index (χ3n) is 3.24. The van der Waals surface area contributed by atoms with Crippen LogP contribution < -0.4 is 5.73 Å². The van der Waals surface area contributed by atoms with Gasteiger partial charge in [-0.3, -0.25) is 0 Å². The summed E-state index contributed by atoms with van der Waals surface area (Å²) in [6, 6.07) is 9.87. The Balaban J connectivity index is 2.20. The largest absolute Gasteiger partial charge is 0.434 e. The summed E-state index contributed by atoms with van der Waals surface area (Å²) in [7, 11) is 0. The predicted molar refractivity (Wildman–Crippen MR) is 81.0 cm³/mol. The summed E-state index contributed by atoms with van der Waals surface area (Å²) in [5, 5.41) is 0. The number of fused-ring (bicyclic) bond motifs is 1. The van der Waals surface area contributed by atoms with E-state index >= 15 is 0 Å². The number of nitrogens with two attached hydrogens (primary N) is 1. The van der Waals surface area contributed by atoms with Gasteiger partial charge in [-0.15, -0.1) is 0 Å². The lowest BCUT2D eigenvalue weighted by molar-refractivity contribution is 0.621. The SMILES string of the molecule is Cc1ccc(-c2nc3cc(Br)cc(N)c3o2)cc1C. The van der Waals surface area contributed by atoms with Gasteiger partial charge in [-0.2, -0.15) is 0 Å². The van der Waals surface area contributed by atoms with Crippen molar-refractivity contribution < 1.29 is 4.42 Å². The topological polar surface area (TPSA) is 52.0 Å². The highest BCUT2D eigenvalue weighted by Gasteiger charge is 2.11. The van der Waals surface area contributed by atoms with E-state index in [9.17, 15) is 0 Å². The molecule has 0 bridgehead atoms. The lowest BCUT2D eigenvalue weighted by Gasteiger charge is -2.01. The van der Waals surface area contributed by atoms with Gasteiger partial charge in [-0.25, -0.2) is 4.98 Å². The molecule has 0 aliphatic rings. The van der Waals surface area contributed by atoms with E-state index in [2.05, 4.69) is 46.9 Å². The third kappa shape index (κ3) is 2.12. The number of benzene rings is 2. The number of aromatic nitrogens is 1. The lowest BCUT2D eigenvalue weighted by Crippen LogP contribution is -1.84. The van der Waals surface area contributed by atoms with Crippen molar-refractivity contribution in [2.24, 2.45) is 0 Å². The zero-order valence-electron chi connectivity index (χ0n) is 10.7. The molecule has 19 heavy (non-hydrogen) atoms. The highest BCUT2D eigenvalue weighted by Crippen LogP contribution is 2.31. The molecule has 1 heterocycles. The van der Waals surface area contributed by atoms with Crippen LogP contribution in [-0.4, -0.2) is 4.98 Å². The summed E-state index contributed by atoms with van der Waals surface area (Å²) in [5.74, 6) is 0.600. The van der Waals surface area contributed by atoms with Gasteiger partial charge in [0.05, 0.1) is 5.69 Å². The van der Waals surface area contributed by atoms with E-state index in [4.69, 9.17) is 10.2 Å². The second-order valence-corrected chi connectivity index (χ2v) is 5.58. The van der Waals surface area contributed by atoms with E-state index in [-0.39, 0.29) is 0 Å². The van der Waals surface area contributed by atoms with E-state index < -0.39 is 0 Å². The van der Waals surface area contributed by atoms with Crippen molar-refractivity contribution in [3.05, 3.63) is 45.9 Å². The summed E-state index contributed by atoms with van der Waals surface area (Å²) in [6.07, 6.45) is 0. The van der Waals surface area contributed by atoms with Gasteiger partial charge in [0.25, 0.3) is 0 Å². The minimum Gasteiger partial charge on any atom is -0.434 e. The molecule has 0 aliphatic heterocycles. The van der Waals surface area contributed by atoms with Gasteiger partial charge in [0, 0.05) is 10.0 Å². The Morgan fingerprint density at radius 3 is 2.63 bits per heavy atom. The maximum atomic E-state index is 5.94. The first-order chi connectivity index (χ1) is 9.04. The van der Waals surface area contributed by atoms with Crippen LogP contribution in [0.5, 0.6) is 0 Å². The molecule has 0 aliphatic carbocycles. The number of aryl methyl sites for hydroxylation is 2. The summed E-state index contributed by atoms with van der Waals surface area (Å²) in [4.78, 5) is 4.50. The molecule has 2 aromatic carbocycles. The van der Waals surface area contributed by atoms with Crippen molar-refractivity contribution in [2.75, 3.05) is 5.73 Å². The summed E-state index contributed by atoms with van der Waals surface area (Å²) in [5.41, 5.74) is 11.4. The Hall–Kier alpha value is -1.81. The molecule has 0 saturated heterocycles. The Kier molecular flexibility index (Phi) is 2.82. The molecule has 2 N–H and O–H groups in total. The number of halogens is 1. The molecule has 3 aromatic rings. The monoisotopic (exact) mass is 316 g/mol. The molecule has 0 fully saturated rings. The van der Waals surface area contributed by atoms with Gasteiger partial charge in [-0.05, 0) is 49.2 Å². The molecule has 4 heteroatoms.